The molecule has 2 N–H and O–H groups in total. The van der Waals surface area contributed by atoms with Crippen LogP contribution in [0.25, 0.3) is 0 Å². The Balaban J connectivity index is 1.41. The lowest BCUT2D eigenvalue weighted by Crippen LogP contribution is -2.58. The van der Waals surface area contributed by atoms with Crippen LogP contribution in [0.3, 0.4) is 0 Å². The first kappa shape index (κ1) is 17.6. The summed E-state index contributed by atoms with van der Waals surface area (Å²) >= 11 is 0. The Labute approximate surface area is 155 Å². The third-order valence-corrected chi connectivity index (χ3v) is 6.80. The zero-order valence-corrected chi connectivity index (χ0v) is 15.8. The molecule has 1 atom stereocenters. The quantitative estimate of drug-likeness (QED) is 0.820. The first-order valence-corrected chi connectivity index (χ1v) is 10.0. The smallest absolute Gasteiger partial charge is 0.243 e. The van der Waals surface area contributed by atoms with Crippen LogP contribution in [0.5, 0.6) is 0 Å². The lowest BCUT2D eigenvalue weighted by atomic mass is 9.49. The first-order valence-electron chi connectivity index (χ1n) is 10.0. The van der Waals surface area contributed by atoms with Crippen LogP contribution in [0.4, 0.5) is 0 Å². The van der Waals surface area contributed by atoms with Gasteiger partial charge in [0.15, 0.2) is 0 Å². The first-order chi connectivity index (χ1) is 12.4. The standard InChI is InChI=1S/C21H30N2O3/c1-13(2)18(19(24)22-11-14-3-4-26-12-14)23-20(25)21-8-15-5-16(9-21)7-17(6-15)10-21/h3-4,12-13,15-18H,5-11H2,1-2H3,(H,22,24)(H,23,25)/t15?,16?,17?,18-,21?/m1/s1. The molecule has 4 bridgehead atoms. The van der Waals surface area contributed by atoms with Gasteiger partial charge in [0.05, 0.1) is 12.5 Å². The summed E-state index contributed by atoms with van der Waals surface area (Å²) in [4.78, 5) is 25.9. The van der Waals surface area contributed by atoms with E-state index in [9.17, 15) is 9.59 Å². The zero-order valence-electron chi connectivity index (χ0n) is 15.8. The molecule has 4 saturated carbocycles. The van der Waals surface area contributed by atoms with Gasteiger partial charge in [-0.15, -0.1) is 0 Å². The minimum atomic E-state index is -0.484. The van der Waals surface area contributed by atoms with Gasteiger partial charge in [-0.3, -0.25) is 9.59 Å². The van der Waals surface area contributed by atoms with Crippen molar-refractivity contribution in [2.45, 2.75) is 65.0 Å². The molecule has 0 spiro atoms. The Morgan fingerprint density at radius 2 is 1.77 bits per heavy atom. The summed E-state index contributed by atoms with van der Waals surface area (Å²) in [5.74, 6) is 2.23. The Kier molecular flexibility index (Phi) is 4.57. The number of carbonyl (C=O) groups excluding carboxylic acids is 2. The van der Waals surface area contributed by atoms with Crippen LogP contribution in [0.15, 0.2) is 23.0 Å². The van der Waals surface area contributed by atoms with Crippen LogP contribution >= 0.6 is 0 Å². The highest BCUT2D eigenvalue weighted by molar-refractivity contribution is 5.90. The summed E-state index contributed by atoms with van der Waals surface area (Å²) < 4.78 is 5.04. The Hall–Kier alpha value is -1.78. The van der Waals surface area contributed by atoms with Gasteiger partial charge in [0, 0.05) is 17.5 Å². The fourth-order valence-corrected chi connectivity index (χ4v) is 5.91. The summed E-state index contributed by atoms with van der Waals surface area (Å²) in [5.41, 5.74) is 0.709. The van der Waals surface area contributed by atoms with Gasteiger partial charge in [-0.25, -0.2) is 0 Å². The molecule has 0 aromatic carbocycles. The Morgan fingerprint density at radius 1 is 1.15 bits per heavy atom. The predicted octanol–water partition coefficient (Wildman–Crippen LogP) is 3.25. The third kappa shape index (κ3) is 3.28. The van der Waals surface area contributed by atoms with E-state index in [1.54, 1.807) is 12.5 Å². The molecule has 0 unspecified atom stereocenters. The molecular weight excluding hydrogens is 328 g/mol. The van der Waals surface area contributed by atoms with Crippen molar-refractivity contribution in [3.63, 3.8) is 0 Å². The summed E-state index contributed by atoms with van der Waals surface area (Å²) in [6, 6.07) is 1.35. The molecule has 5 nitrogen and oxygen atoms in total. The van der Waals surface area contributed by atoms with E-state index in [-0.39, 0.29) is 23.1 Å². The molecule has 5 rings (SSSR count). The minimum absolute atomic E-state index is 0.0530. The van der Waals surface area contributed by atoms with Crippen LogP contribution < -0.4 is 10.6 Å². The van der Waals surface area contributed by atoms with E-state index >= 15 is 0 Å². The van der Waals surface area contributed by atoms with Crippen molar-refractivity contribution >= 4 is 11.8 Å². The predicted molar refractivity (Wildman–Crippen MR) is 97.9 cm³/mol. The highest BCUT2D eigenvalue weighted by Crippen LogP contribution is 2.60. The second-order valence-electron chi connectivity index (χ2n) is 9.24. The largest absolute Gasteiger partial charge is 0.472 e. The van der Waals surface area contributed by atoms with E-state index in [0.29, 0.717) is 6.54 Å². The van der Waals surface area contributed by atoms with Crippen molar-refractivity contribution in [1.29, 1.82) is 0 Å². The maximum absolute atomic E-state index is 13.2. The maximum atomic E-state index is 13.2. The number of nitrogens with one attached hydrogen (secondary N) is 2. The SMILES string of the molecule is CC(C)[C@@H](NC(=O)C12CC3CC(CC(C3)C1)C2)C(=O)NCc1ccoc1. The number of hydrogen-bond donors (Lipinski definition) is 2. The molecule has 0 radical (unpaired) electrons. The number of rotatable bonds is 6. The van der Waals surface area contributed by atoms with Crippen LogP contribution in [-0.2, 0) is 16.1 Å². The van der Waals surface area contributed by atoms with Crippen molar-refractivity contribution in [2.24, 2.45) is 29.1 Å². The van der Waals surface area contributed by atoms with E-state index in [1.807, 2.05) is 19.9 Å². The molecule has 1 aromatic heterocycles. The molecule has 4 aliphatic rings. The van der Waals surface area contributed by atoms with Crippen molar-refractivity contribution in [3.8, 4) is 0 Å². The van der Waals surface area contributed by atoms with Crippen LogP contribution in [0.2, 0.25) is 0 Å². The average Bonchev–Trinajstić information content (AvgIpc) is 3.09. The van der Waals surface area contributed by atoms with Gasteiger partial charge >= 0.3 is 0 Å². The fraction of sp³-hybridized carbons (Fsp3) is 0.714. The number of carbonyl (C=O) groups is 2. The summed E-state index contributed by atoms with van der Waals surface area (Å²) in [6.45, 7) is 4.40. The number of hydrogen-bond acceptors (Lipinski definition) is 3. The molecule has 4 aliphatic carbocycles. The van der Waals surface area contributed by atoms with E-state index in [4.69, 9.17) is 4.42 Å². The summed E-state index contributed by atoms with van der Waals surface area (Å²) in [5, 5.41) is 6.06. The van der Waals surface area contributed by atoms with Crippen molar-refractivity contribution in [3.05, 3.63) is 24.2 Å². The van der Waals surface area contributed by atoms with Crippen LogP contribution in [0, 0.1) is 29.1 Å². The molecule has 5 heteroatoms. The Morgan fingerprint density at radius 3 is 2.27 bits per heavy atom. The number of amides is 2. The highest BCUT2D eigenvalue weighted by atomic mass is 16.3. The molecule has 4 fully saturated rings. The maximum Gasteiger partial charge on any atom is 0.243 e. The molecule has 1 aromatic rings. The molecular formula is C21H30N2O3. The van der Waals surface area contributed by atoms with Crippen molar-refractivity contribution < 1.29 is 14.0 Å². The van der Waals surface area contributed by atoms with E-state index in [2.05, 4.69) is 10.6 Å². The molecule has 2 amide bonds. The second kappa shape index (κ2) is 6.75. The van der Waals surface area contributed by atoms with Crippen molar-refractivity contribution in [1.82, 2.24) is 10.6 Å². The monoisotopic (exact) mass is 358 g/mol. The second-order valence-corrected chi connectivity index (χ2v) is 9.24. The normalized spacial score (nSPS) is 33.3. The van der Waals surface area contributed by atoms with Gasteiger partial charge in [-0.05, 0) is 68.3 Å². The lowest BCUT2D eigenvalue weighted by molar-refractivity contribution is -0.149. The topological polar surface area (TPSA) is 71.3 Å². The van der Waals surface area contributed by atoms with E-state index in [0.717, 1.165) is 42.6 Å². The number of furan rings is 1. The van der Waals surface area contributed by atoms with Gasteiger partial charge in [0.25, 0.3) is 0 Å². The van der Waals surface area contributed by atoms with E-state index < -0.39 is 6.04 Å². The van der Waals surface area contributed by atoms with Gasteiger partial charge < -0.3 is 15.1 Å². The third-order valence-electron chi connectivity index (χ3n) is 6.80. The lowest BCUT2D eigenvalue weighted by Gasteiger charge is -2.55. The molecule has 0 saturated heterocycles. The van der Waals surface area contributed by atoms with Crippen LogP contribution in [0.1, 0.15) is 57.9 Å². The fourth-order valence-electron chi connectivity index (χ4n) is 5.91. The summed E-state index contributed by atoms with van der Waals surface area (Å²) in [6.07, 6.45) is 10.2. The van der Waals surface area contributed by atoms with Crippen LogP contribution in [-0.4, -0.2) is 17.9 Å². The van der Waals surface area contributed by atoms with Gasteiger partial charge in [-0.1, -0.05) is 13.8 Å². The Bertz CT molecular complexity index is 630. The zero-order chi connectivity index (χ0) is 18.3. The highest BCUT2D eigenvalue weighted by Gasteiger charge is 2.55. The van der Waals surface area contributed by atoms with Gasteiger partial charge in [0.1, 0.15) is 6.04 Å². The molecule has 26 heavy (non-hydrogen) atoms. The van der Waals surface area contributed by atoms with Gasteiger partial charge in [-0.2, -0.15) is 0 Å². The average molecular weight is 358 g/mol. The van der Waals surface area contributed by atoms with E-state index in [1.165, 1.54) is 19.3 Å². The molecule has 1 heterocycles. The van der Waals surface area contributed by atoms with Crippen molar-refractivity contribution in [2.75, 3.05) is 0 Å². The minimum Gasteiger partial charge on any atom is -0.472 e. The van der Waals surface area contributed by atoms with Gasteiger partial charge in [0.2, 0.25) is 11.8 Å². The summed E-state index contributed by atoms with van der Waals surface area (Å²) in [7, 11) is 0. The molecule has 0 aliphatic heterocycles. The molecule has 142 valence electrons.